The fourth-order valence-electron chi connectivity index (χ4n) is 5.92. The van der Waals surface area contributed by atoms with Crippen molar-refractivity contribution in [2.45, 2.75) is 62.2 Å². The van der Waals surface area contributed by atoms with E-state index in [1.165, 1.54) is 34.4 Å². The summed E-state index contributed by atoms with van der Waals surface area (Å²) in [6.07, 6.45) is -0.156. The third-order valence-corrected chi connectivity index (χ3v) is 11.6. The molecule has 1 aromatic heterocycles. The predicted molar refractivity (Wildman–Crippen MR) is 173 cm³/mol. The Morgan fingerprint density at radius 2 is 1.78 bits per heavy atom. The number of nitrogens with zero attached hydrogens (tertiary/aromatic N) is 2. The summed E-state index contributed by atoms with van der Waals surface area (Å²) in [6, 6.07) is 10.6. The number of hydrogen-bond acceptors (Lipinski definition) is 7. The number of likely N-dealkylation sites (tertiary alicyclic amines) is 2. The van der Waals surface area contributed by atoms with E-state index in [4.69, 9.17) is 28.9 Å². The zero-order valence-corrected chi connectivity index (χ0v) is 27.9. The maximum absolute atomic E-state index is 13.8. The van der Waals surface area contributed by atoms with Gasteiger partial charge in [-0.2, -0.15) is 4.72 Å². The number of carbonyl (C=O) groups excluding carboxylic acids is 4. The number of nitrogens with two attached hydrogens (primary N) is 1. The molecule has 0 saturated carbocycles. The molecule has 45 heavy (non-hydrogen) atoms. The van der Waals surface area contributed by atoms with Gasteiger partial charge >= 0.3 is 0 Å². The van der Waals surface area contributed by atoms with Gasteiger partial charge in [-0.25, -0.2) is 8.42 Å². The molecular weight excluding hydrogens is 661 g/mol. The van der Waals surface area contributed by atoms with Gasteiger partial charge in [0.15, 0.2) is 0 Å². The van der Waals surface area contributed by atoms with E-state index in [1.807, 2.05) is 45.0 Å². The Morgan fingerprint density at radius 3 is 2.38 bits per heavy atom. The highest BCUT2D eigenvalue weighted by Crippen LogP contribution is 2.45. The number of primary amides is 1. The summed E-state index contributed by atoms with van der Waals surface area (Å²) in [5.74, 6) is -1.99. The molecule has 15 heteroatoms. The van der Waals surface area contributed by atoms with E-state index in [2.05, 4.69) is 10.0 Å². The number of amides is 4. The first-order valence-electron chi connectivity index (χ1n) is 14.3. The first-order chi connectivity index (χ1) is 21.1. The van der Waals surface area contributed by atoms with Crippen LogP contribution in [0.4, 0.5) is 0 Å². The van der Waals surface area contributed by atoms with Crippen LogP contribution in [-0.4, -0.2) is 78.6 Å². The van der Waals surface area contributed by atoms with E-state index in [1.54, 1.807) is 11.0 Å². The molecule has 5 rings (SSSR count). The van der Waals surface area contributed by atoms with Crippen LogP contribution in [0.25, 0.3) is 10.1 Å². The van der Waals surface area contributed by atoms with Crippen molar-refractivity contribution in [1.82, 2.24) is 19.8 Å². The van der Waals surface area contributed by atoms with Gasteiger partial charge in [0.05, 0.1) is 27.9 Å². The number of piperazine rings is 1. The van der Waals surface area contributed by atoms with Gasteiger partial charge in [0, 0.05) is 22.8 Å². The molecule has 0 aliphatic carbocycles. The van der Waals surface area contributed by atoms with Crippen LogP contribution >= 0.6 is 34.5 Å². The molecule has 11 nitrogen and oxygen atoms in total. The van der Waals surface area contributed by atoms with Crippen molar-refractivity contribution in [3.8, 4) is 0 Å². The minimum Gasteiger partial charge on any atom is -0.370 e. The zero-order chi connectivity index (χ0) is 32.8. The molecule has 2 fully saturated rings. The highest BCUT2D eigenvalue weighted by atomic mass is 35.5. The zero-order valence-electron chi connectivity index (χ0n) is 24.8. The molecular formula is C30H33Cl2N5O6S2. The van der Waals surface area contributed by atoms with E-state index < -0.39 is 51.9 Å². The van der Waals surface area contributed by atoms with Gasteiger partial charge in [0.2, 0.25) is 27.7 Å². The van der Waals surface area contributed by atoms with E-state index >= 15 is 0 Å². The maximum Gasteiger partial charge on any atom is 0.262 e. The molecule has 0 spiro atoms. The lowest BCUT2D eigenvalue weighted by molar-refractivity contribution is -0.206. The third kappa shape index (κ3) is 6.54. The SMILES string of the molecule is CC(C)CC(NC(=O)c1cc2ccccc2s1)C(=O)N1C[C@H]2N(C(=O)[C@H](CC(N)=O)NS(=O)(=O)c3ccc(Cl)cc3Cl)CC21C. The smallest absolute Gasteiger partial charge is 0.262 e. The van der Waals surface area contributed by atoms with Crippen molar-refractivity contribution >= 4 is 78.3 Å². The van der Waals surface area contributed by atoms with E-state index in [9.17, 15) is 27.6 Å². The predicted octanol–water partition coefficient (Wildman–Crippen LogP) is 3.39. The molecule has 4 atom stereocenters. The van der Waals surface area contributed by atoms with Gasteiger partial charge < -0.3 is 20.9 Å². The van der Waals surface area contributed by atoms with Crippen LogP contribution in [0.5, 0.6) is 0 Å². The summed E-state index contributed by atoms with van der Waals surface area (Å²) in [7, 11) is -4.33. The molecule has 2 aliphatic rings. The van der Waals surface area contributed by atoms with Gasteiger partial charge in [-0.15, -0.1) is 11.3 Å². The topological polar surface area (TPSA) is 159 Å². The van der Waals surface area contributed by atoms with Gasteiger partial charge in [-0.1, -0.05) is 55.2 Å². The molecule has 2 unspecified atom stereocenters. The molecule has 2 aromatic carbocycles. The number of benzene rings is 2. The summed E-state index contributed by atoms with van der Waals surface area (Å²) >= 11 is 13.3. The lowest BCUT2D eigenvalue weighted by Gasteiger charge is -2.69. The van der Waals surface area contributed by atoms with Crippen LogP contribution in [0.1, 0.15) is 43.3 Å². The quantitative estimate of drug-likeness (QED) is 0.279. The number of hydrogen-bond donors (Lipinski definition) is 3. The second-order valence-electron chi connectivity index (χ2n) is 12.0. The second kappa shape index (κ2) is 12.5. The number of rotatable bonds is 11. The van der Waals surface area contributed by atoms with Crippen molar-refractivity contribution < 1.29 is 27.6 Å². The average Bonchev–Trinajstić information content (AvgIpc) is 3.39. The molecule has 4 N–H and O–H groups in total. The van der Waals surface area contributed by atoms with Crippen LogP contribution in [-0.2, 0) is 24.4 Å². The summed E-state index contributed by atoms with van der Waals surface area (Å²) < 4.78 is 29.5. The first kappa shape index (κ1) is 33.1. The number of halogens is 2. The summed E-state index contributed by atoms with van der Waals surface area (Å²) in [6.45, 7) is 6.07. The molecule has 4 amide bonds. The average molecular weight is 695 g/mol. The maximum atomic E-state index is 13.8. The van der Waals surface area contributed by atoms with Gasteiger partial charge in [-0.3, -0.25) is 19.2 Å². The van der Waals surface area contributed by atoms with Gasteiger partial charge in [0.1, 0.15) is 17.0 Å². The Hall–Kier alpha value is -3.23. The van der Waals surface area contributed by atoms with Crippen LogP contribution in [0.2, 0.25) is 10.0 Å². The Balaban J connectivity index is 1.28. The molecule has 0 radical (unpaired) electrons. The third-order valence-electron chi connectivity index (χ3n) is 8.25. The van der Waals surface area contributed by atoms with Crippen LogP contribution in [0, 0.1) is 5.92 Å². The minimum absolute atomic E-state index is 0.111. The summed E-state index contributed by atoms with van der Waals surface area (Å²) in [4.78, 5) is 55.7. The summed E-state index contributed by atoms with van der Waals surface area (Å²) in [5, 5.41) is 3.95. The molecule has 0 bridgehead atoms. The normalized spacial score (nSPS) is 20.6. The highest BCUT2D eigenvalue weighted by molar-refractivity contribution is 7.89. The largest absolute Gasteiger partial charge is 0.370 e. The monoisotopic (exact) mass is 693 g/mol. The number of sulfonamides is 1. The van der Waals surface area contributed by atoms with Gasteiger partial charge in [0.25, 0.3) is 5.91 Å². The van der Waals surface area contributed by atoms with Crippen LogP contribution in [0.15, 0.2) is 53.4 Å². The highest BCUT2D eigenvalue weighted by Gasteiger charge is 2.65. The van der Waals surface area contributed by atoms with Crippen molar-refractivity contribution in [1.29, 1.82) is 0 Å². The fraction of sp³-hybridized carbons (Fsp3) is 0.400. The number of carbonyl (C=O) groups is 4. The summed E-state index contributed by atoms with van der Waals surface area (Å²) in [5.41, 5.74) is 4.64. The van der Waals surface area contributed by atoms with Crippen molar-refractivity contribution in [2.75, 3.05) is 13.1 Å². The Morgan fingerprint density at radius 1 is 1.07 bits per heavy atom. The van der Waals surface area contributed by atoms with E-state index in [0.717, 1.165) is 10.1 Å². The van der Waals surface area contributed by atoms with Gasteiger partial charge in [-0.05, 0) is 55.0 Å². The standard InChI is InChI=1S/C30H33Cl2N5O6S2/c1-16(2)10-20(34-27(39)23-11-17-6-4-5-7-22(17)44-23)29(41)37-14-25-30(37,3)15-36(25)28(40)21(13-26(33)38)35-45(42,43)24-9-8-18(31)12-19(24)32/h4-9,11-12,16,20-21,25,35H,10,13-15H2,1-3H3,(H2,33,38)(H,34,39)/t20?,21-,25+,30?/m0/s1. The van der Waals surface area contributed by atoms with E-state index in [0.29, 0.717) is 11.3 Å². The number of fused-ring (bicyclic) bond motifs is 2. The second-order valence-corrected chi connectivity index (χ2v) is 15.6. The Bertz CT molecular complexity index is 1760. The molecule has 3 aromatic rings. The molecule has 240 valence electrons. The number of thiophene rings is 1. The van der Waals surface area contributed by atoms with Crippen molar-refractivity contribution in [3.05, 3.63) is 63.5 Å². The Labute approximate surface area is 275 Å². The van der Waals surface area contributed by atoms with Crippen molar-refractivity contribution in [3.63, 3.8) is 0 Å². The van der Waals surface area contributed by atoms with Crippen LogP contribution in [0.3, 0.4) is 0 Å². The van der Waals surface area contributed by atoms with E-state index in [-0.39, 0.29) is 45.8 Å². The molecule has 2 aliphatic heterocycles. The first-order valence-corrected chi connectivity index (χ1v) is 17.3. The number of nitrogens with one attached hydrogen (secondary N) is 2. The van der Waals surface area contributed by atoms with Crippen LogP contribution < -0.4 is 15.8 Å². The molecule has 3 heterocycles. The lowest BCUT2D eigenvalue weighted by atomic mass is 9.71. The molecule has 2 saturated heterocycles. The lowest BCUT2D eigenvalue weighted by Crippen LogP contribution is -2.89. The van der Waals surface area contributed by atoms with Crippen molar-refractivity contribution in [2.24, 2.45) is 11.7 Å². The fourth-order valence-corrected chi connectivity index (χ4v) is 8.84. The minimum atomic E-state index is -4.33. The Kier molecular flexibility index (Phi) is 9.22.